The van der Waals surface area contributed by atoms with Gasteiger partial charge in [0, 0.05) is 10.5 Å². The summed E-state index contributed by atoms with van der Waals surface area (Å²) in [5.41, 5.74) is 6.91. The Kier molecular flexibility index (Phi) is 5.28. The highest BCUT2D eigenvalue weighted by atomic mass is 79.9. The van der Waals surface area contributed by atoms with Gasteiger partial charge in [0.15, 0.2) is 0 Å². The number of para-hydroxylation sites is 1. The summed E-state index contributed by atoms with van der Waals surface area (Å²) in [5, 5.41) is 2.66. The molecule has 0 saturated heterocycles. The van der Waals surface area contributed by atoms with E-state index in [1.807, 2.05) is 36.6 Å². The first-order chi connectivity index (χ1) is 9.08. The highest BCUT2D eigenvalue weighted by Crippen LogP contribution is 2.32. The van der Waals surface area contributed by atoms with Crippen molar-refractivity contribution in [3.05, 3.63) is 49.6 Å². The summed E-state index contributed by atoms with van der Waals surface area (Å²) in [4.78, 5) is 1.15. The first-order valence-electron chi connectivity index (χ1n) is 5.95. The Labute approximate surface area is 130 Å². The minimum Gasteiger partial charge on any atom is -0.486 e. The zero-order valence-electron chi connectivity index (χ0n) is 10.5. The summed E-state index contributed by atoms with van der Waals surface area (Å²) in [6.07, 6.45) is 0.751. The third-order valence-electron chi connectivity index (χ3n) is 2.63. The van der Waals surface area contributed by atoms with E-state index in [9.17, 15) is 0 Å². The summed E-state index contributed by atoms with van der Waals surface area (Å²) in [5.74, 6) is 0.738. The number of nitrogens with two attached hydrogens (primary N) is 1. The van der Waals surface area contributed by atoms with Crippen molar-refractivity contribution >= 4 is 38.9 Å². The standard InChI is InChI=1S/C14H15BrClNOS/c1-9(17)7-10-3-2-4-12(16)14(10)18-8-13-11(15)5-6-19-13/h2-6,9H,7-8,17H2,1H3. The van der Waals surface area contributed by atoms with E-state index < -0.39 is 0 Å². The lowest BCUT2D eigenvalue weighted by molar-refractivity contribution is 0.305. The van der Waals surface area contributed by atoms with Gasteiger partial charge in [-0.3, -0.25) is 0 Å². The molecule has 0 saturated carbocycles. The van der Waals surface area contributed by atoms with Crippen LogP contribution >= 0.6 is 38.9 Å². The SMILES string of the molecule is CC(N)Cc1cccc(Cl)c1OCc1sccc1Br. The Morgan fingerprint density at radius 1 is 1.42 bits per heavy atom. The van der Waals surface area contributed by atoms with Crippen LogP contribution in [-0.2, 0) is 13.0 Å². The van der Waals surface area contributed by atoms with Gasteiger partial charge in [0.2, 0.25) is 0 Å². The minimum atomic E-state index is 0.0780. The predicted octanol–water partition coefficient (Wildman–Crippen LogP) is 4.63. The van der Waals surface area contributed by atoms with E-state index in [0.717, 1.165) is 27.1 Å². The molecule has 1 atom stereocenters. The molecule has 1 aromatic carbocycles. The molecule has 2 N–H and O–H groups in total. The summed E-state index contributed by atoms with van der Waals surface area (Å²) < 4.78 is 6.95. The van der Waals surface area contributed by atoms with Crippen molar-refractivity contribution in [3.8, 4) is 5.75 Å². The van der Waals surface area contributed by atoms with Crippen LogP contribution in [0.1, 0.15) is 17.4 Å². The highest BCUT2D eigenvalue weighted by molar-refractivity contribution is 9.10. The number of thiophene rings is 1. The third-order valence-corrected chi connectivity index (χ3v) is 4.83. The molecule has 0 amide bonds. The average molecular weight is 361 g/mol. The maximum Gasteiger partial charge on any atom is 0.141 e. The van der Waals surface area contributed by atoms with Gasteiger partial charge in [0.25, 0.3) is 0 Å². The van der Waals surface area contributed by atoms with Crippen LogP contribution in [0.2, 0.25) is 5.02 Å². The van der Waals surface area contributed by atoms with Gasteiger partial charge in [-0.25, -0.2) is 0 Å². The van der Waals surface area contributed by atoms with E-state index in [0.29, 0.717) is 11.6 Å². The molecule has 0 bridgehead atoms. The van der Waals surface area contributed by atoms with Crippen LogP contribution in [0.4, 0.5) is 0 Å². The largest absolute Gasteiger partial charge is 0.486 e. The maximum absolute atomic E-state index is 6.22. The maximum atomic E-state index is 6.22. The zero-order chi connectivity index (χ0) is 13.8. The van der Waals surface area contributed by atoms with Gasteiger partial charge in [-0.2, -0.15) is 0 Å². The molecule has 2 nitrogen and oxygen atoms in total. The molecular weight excluding hydrogens is 346 g/mol. The molecular formula is C14H15BrClNOS. The molecule has 5 heteroatoms. The van der Waals surface area contributed by atoms with Crippen molar-refractivity contribution in [3.63, 3.8) is 0 Å². The molecule has 0 radical (unpaired) electrons. The van der Waals surface area contributed by atoms with Gasteiger partial charge in [-0.1, -0.05) is 23.7 Å². The summed E-state index contributed by atoms with van der Waals surface area (Å²) >= 11 is 11.4. The molecule has 0 spiro atoms. The minimum absolute atomic E-state index is 0.0780. The van der Waals surface area contributed by atoms with Crippen LogP contribution in [0, 0.1) is 0 Å². The Balaban J connectivity index is 2.17. The van der Waals surface area contributed by atoms with Gasteiger partial charge < -0.3 is 10.5 Å². The lowest BCUT2D eigenvalue weighted by Crippen LogP contribution is -2.18. The monoisotopic (exact) mass is 359 g/mol. The third kappa shape index (κ3) is 3.96. The molecule has 19 heavy (non-hydrogen) atoms. The van der Waals surface area contributed by atoms with E-state index in [1.165, 1.54) is 0 Å². The molecule has 1 unspecified atom stereocenters. The van der Waals surface area contributed by atoms with E-state index >= 15 is 0 Å². The number of ether oxygens (including phenoxy) is 1. The lowest BCUT2D eigenvalue weighted by Gasteiger charge is -2.14. The quantitative estimate of drug-likeness (QED) is 0.843. The van der Waals surface area contributed by atoms with Crippen LogP contribution < -0.4 is 10.5 Å². The van der Waals surface area contributed by atoms with Crippen molar-refractivity contribution in [2.24, 2.45) is 5.73 Å². The topological polar surface area (TPSA) is 35.2 Å². The Morgan fingerprint density at radius 3 is 2.84 bits per heavy atom. The van der Waals surface area contributed by atoms with E-state index in [1.54, 1.807) is 11.3 Å². The summed E-state index contributed by atoms with van der Waals surface area (Å²) in [6, 6.07) is 7.86. The van der Waals surface area contributed by atoms with Crippen LogP contribution in [-0.4, -0.2) is 6.04 Å². The van der Waals surface area contributed by atoms with E-state index in [2.05, 4.69) is 15.9 Å². The van der Waals surface area contributed by atoms with Gasteiger partial charge in [0.1, 0.15) is 12.4 Å². The van der Waals surface area contributed by atoms with E-state index in [-0.39, 0.29) is 6.04 Å². The van der Waals surface area contributed by atoms with Crippen molar-refractivity contribution < 1.29 is 4.74 Å². The molecule has 102 valence electrons. The van der Waals surface area contributed by atoms with Crippen molar-refractivity contribution in [2.45, 2.75) is 26.0 Å². The summed E-state index contributed by atoms with van der Waals surface area (Å²) in [7, 11) is 0. The second-order valence-corrected chi connectivity index (χ2v) is 6.65. The number of benzene rings is 1. The molecule has 2 rings (SSSR count). The van der Waals surface area contributed by atoms with Crippen molar-refractivity contribution in [1.82, 2.24) is 0 Å². The van der Waals surface area contributed by atoms with Gasteiger partial charge in [-0.05, 0) is 52.4 Å². The molecule has 0 fully saturated rings. The molecule has 1 aromatic heterocycles. The second-order valence-electron chi connectivity index (χ2n) is 4.39. The van der Waals surface area contributed by atoms with Crippen molar-refractivity contribution in [2.75, 3.05) is 0 Å². The number of hydrogen-bond donors (Lipinski definition) is 1. The van der Waals surface area contributed by atoms with Crippen molar-refractivity contribution in [1.29, 1.82) is 0 Å². The fourth-order valence-electron chi connectivity index (χ4n) is 1.79. The lowest BCUT2D eigenvalue weighted by atomic mass is 10.1. The second kappa shape index (κ2) is 6.75. The fourth-order valence-corrected chi connectivity index (χ4v) is 3.42. The van der Waals surface area contributed by atoms with E-state index in [4.69, 9.17) is 22.1 Å². The van der Waals surface area contributed by atoms with Gasteiger partial charge in [-0.15, -0.1) is 11.3 Å². The predicted molar refractivity (Wildman–Crippen MR) is 85.2 cm³/mol. The smallest absolute Gasteiger partial charge is 0.141 e. The number of hydrogen-bond acceptors (Lipinski definition) is 3. The fraction of sp³-hybridized carbons (Fsp3) is 0.286. The summed E-state index contributed by atoms with van der Waals surface area (Å²) in [6.45, 7) is 2.48. The molecule has 0 aliphatic carbocycles. The first kappa shape index (κ1) is 14.9. The van der Waals surface area contributed by atoms with Crippen LogP contribution in [0.3, 0.4) is 0 Å². The Morgan fingerprint density at radius 2 is 2.21 bits per heavy atom. The average Bonchev–Trinajstić information content (AvgIpc) is 2.73. The molecule has 2 aromatic rings. The number of rotatable bonds is 5. The van der Waals surface area contributed by atoms with Crippen LogP contribution in [0.15, 0.2) is 34.1 Å². The van der Waals surface area contributed by atoms with Gasteiger partial charge >= 0.3 is 0 Å². The molecule has 1 heterocycles. The molecule has 0 aliphatic heterocycles. The number of halogens is 2. The highest BCUT2D eigenvalue weighted by Gasteiger charge is 2.11. The Hall–Kier alpha value is -0.550. The molecule has 0 aliphatic rings. The first-order valence-corrected chi connectivity index (χ1v) is 8.00. The normalized spacial score (nSPS) is 12.4. The Bertz CT molecular complexity index is 556. The van der Waals surface area contributed by atoms with Crippen LogP contribution in [0.25, 0.3) is 0 Å². The van der Waals surface area contributed by atoms with Crippen LogP contribution in [0.5, 0.6) is 5.75 Å². The van der Waals surface area contributed by atoms with Gasteiger partial charge in [0.05, 0.1) is 9.90 Å². The zero-order valence-corrected chi connectivity index (χ0v) is 13.7.